The van der Waals surface area contributed by atoms with Gasteiger partial charge in [0.15, 0.2) is 15.0 Å². The average molecular weight is 396 g/mol. The van der Waals surface area contributed by atoms with Crippen molar-refractivity contribution in [3.63, 3.8) is 0 Å². The third-order valence-corrected chi connectivity index (χ3v) is 6.37. The summed E-state index contributed by atoms with van der Waals surface area (Å²) in [6.45, 7) is 6.77. The molecule has 0 N–H and O–H groups in total. The maximum Gasteiger partial charge on any atom is 0.225 e. The summed E-state index contributed by atoms with van der Waals surface area (Å²) >= 11 is 1.47. The van der Waals surface area contributed by atoms with E-state index in [1.807, 2.05) is 31.5 Å². The zero-order chi connectivity index (χ0) is 19.5. The normalized spacial score (nSPS) is 13.0. The van der Waals surface area contributed by atoms with Crippen LogP contribution in [0, 0.1) is 0 Å². The molecule has 0 saturated carbocycles. The number of rotatable bonds is 7. The predicted molar refractivity (Wildman–Crippen MR) is 105 cm³/mol. The van der Waals surface area contributed by atoms with Gasteiger partial charge >= 0.3 is 0 Å². The Labute approximate surface area is 159 Å². The van der Waals surface area contributed by atoms with E-state index in [0.717, 1.165) is 11.3 Å². The fourth-order valence-corrected chi connectivity index (χ4v) is 4.18. The summed E-state index contributed by atoms with van der Waals surface area (Å²) in [5.41, 5.74) is 1.95. The van der Waals surface area contributed by atoms with Gasteiger partial charge in [-0.2, -0.15) is 0 Å². The lowest BCUT2D eigenvalue weighted by molar-refractivity contribution is -0.116. The fraction of sp³-hybridized carbons (Fsp3) is 0.444. The summed E-state index contributed by atoms with van der Waals surface area (Å²) in [7, 11) is -1.19. The Morgan fingerprint density at radius 3 is 2.38 bits per heavy atom. The second-order valence-electron chi connectivity index (χ2n) is 6.32. The summed E-state index contributed by atoms with van der Waals surface area (Å²) in [5.74, 6) is -0.0129. The molecule has 0 aliphatic heterocycles. The SMILES string of the molecule is CCN(C(C)=O)c1nc(CN(C)[C@H](C)c2ccc(S(C)(=O)=O)cc2)cs1. The molecule has 0 radical (unpaired) electrons. The van der Waals surface area contributed by atoms with Crippen molar-refractivity contribution in [2.75, 3.05) is 24.7 Å². The van der Waals surface area contributed by atoms with E-state index < -0.39 is 9.84 Å². The molecule has 0 aliphatic carbocycles. The number of carbonyl (C=O) groups excluding carboxylic acids is 1. The van der Waals surface area contributed by atoms with Gasteiger partial charge in [0.05, 0.1) is 10.6 Å². The molecule has 0 saturated heterocycles. The van der Waals surface area contributed by atoms with E-state index in [9.17, 15) is 13.2 Å². The van der Waals surface area contributed by atoms with Gasteiger partial charge in [0.25, 0.3) is 0 Å². The number of anilines is 1. The van der Waals surface area contributed by atoms with Crippen molar-refractivity contribution in [1.82, 2.24) is 9.88 Å². The molecule has 0 spiro atoms. The molecule has 0 bridgehead atoms. The molecule has 1 aromatic heterocycles. The third-order valence-electron chi connectivity index (χ3n) is 4.33. The first-order chi connectivity index (χ1) is 12.1. The van der Waals surface area contributed by atoms with E-state index >= 15 is 0 Å². The van der Waals surface area contributed by atoms with Crippen LogP contribution in [0.1, 0.15) is 38.1 Å². The number of carbonyl (C=O) groups is 1. The minimum Gasteiger partial charge on any atom is -0.294 e. The van der Waals surface area contributed by atoms with E-state index in [1.54, 1.807) is 24.0 Å². The smallest absolute Gasteiger partial charge is 0.225 e. The van der Waals surface area contributed by atoms with Gasteiger partial charge < -0.3 is 0 Å². The van der Waals surface area contributed by atoms with Gasteiger partial charge in [-0.05, 0) is 38.6 Å². The minimum atomic E-state index is -3.18. The molecule has 0 unspecified atom stereocenters. The van der Waals surface area contributed by atoms with Crippen molar-refractivity contribution in [2.45, 2.75) is 38.3 Å². The first-order valence-electron chi connectivity index (χ1n) is 8.36. The molecule has 26 heavy (non-hydrogen) atoms. The van der Waals surface area contributed by atoms with E-state index in [1.165, 1.54) is 17.6 Å². The van der Waals surface area contributed by atoms with Gasteiger partial charge in [0.2, 0.25) is 5.91 Å². The first kappa shape index (κ1) is 20.5. The van der Waals surface area contributed by atoms with Crippen molar-refractivity contribution >= 4 is 32.2 Å². The number of sulfone groups is 1. The first-order valence-corrected chi connectivity index (χ1v) is 11.1. The Balaban J connectivity index is 2.08. The van der Waals surface area contributed by atoms with E-state index in [4.69, 9.17) is 0 Å². The van der Waals surface area contributed by atoms with Gasteiger partial charge in [0.1, 0.15) is 0 Å². The molecule has 2 aromatic rings. The molecule has 142 valence electrons. The Bertz CT molecular complexity index is 860. The lowest BCUT2D eigenvalue weighted by Crippen LogP contribution is -2.28. The number of aromatic nitrogens is 1. The summed E-state index contributed by atoms with van der Waals surface area (Å²) < 4.78 is 23.1. The zero-order valence-electron chi connectivity index (χ0n) is 15.8. The summed E-state index contributed by atoms with van der Waals surface area (Å²) in [6, 6.07) is 7.07. The van der Waals surface area contributed by atoms with Gasteiger partial charge in [-0.25, -0.2) is 13.4 Å². The van der Waals surface area contributed by atoms with Crippen LogP contribution in [0.25, 0.3) is 0 Å². The largest absolute Gasteiger partial charge is 0.294 e. The second kappa shape index (κ2) is 8.28. The zero-order valence-corrected chi connectivity index (χ0v) is 17.4. The van der Waals surface area contributed by atoms with Crippen molar-refractivity contribution in [3.8, 4) is 0 Å². The Hall–Kier alpha value is -1.77. The van der Waals surface area contributed by atoms with Crippen LogP contribution in [0.4, 0.5) is 5.13 Å². The van der Waals surface area contributed by atoms with Crippen molar-refractivity contribution in [1.29, 1.82) is 0 Å². The lowest BCUT2D eigenvalue weighted by Gasteiger charge is -2.24. The predicted octanol–water partition coefficient (Wildman–Crippen LogP) is 3.11. The maximum atomic E-state index is 11.6. The summed E-state index contributed by atoms with van der Waals surface area (Å²) in [6.07, 6.45) is 1.21. The number of thiazole rings is 1. The van der Waals surface area contributed by atoms with Gasteiger partial charge in [-0.3, -0.25) is 14.6 Å². The topological polar surface area (TPSA) is 70.6 Å². The standard InChI is InChI=1S/C18H25N3O3S2/c1-6-21(14(3)22)18-19-16(12-25-18)11-20(4)13(2)15-7-9-17(10-8-15)26(5,23)24/h7-10,12-13H,6,11H2,1-5H3/t13-/m1/s1. The maximum absolute atomic E-state index is 11.6. The van der Waals surface area contributed by atoms with Crippen LogP contribution in [0.15, 0.2) is 34.5 Å². The monoisotopic (exact) mass is 395 g/mol. The van der Waals surface area contributed by atoms with E-state index in [2.05, 4.69) is 16.8 Å². The van der Waals surface area contributed by atoms with E-state index in [0.29, 0.717) is 23.1 Å². The van der Waals surface area contributed by atoms with Gasteiger partial charge in [-0.15, -0.1) is 11.3 Å². The number of benzene rings is 1. The number of nitrogens with zero attached hydrogens (tertiary/aromatic N) is 3. The third kappa shape index (κ3) is 4.90. The van der Waals surface area contributed by atoms with Crippen molar-refractivity contribution < 1.29 is 13.2 Å². The summed E-state index contributed by atoms with van der Waals surface area (Å²) in [5, 5.41) is 2.69. The number of amides is 1. The van der Waals surface area contributed by atoms with Crippen LogP contribution < -0.4 is 4.90 Å². The van der Waals surface area contributed by atoms with Crippen LogP contribution >= 0.6 is 11.3 Å². The van der Waals surface area contributed by atoms with Gasteiger partial charge in [0, 0.05) is 37.7 Å². The van der Waals surface area contributed by atoms with Crippen LogP contribution in [0.2, 0.25) is 0 Å². The van der Waals surface area contributed by atoms with Gasteiger partial charge in [-0.1, -0.05) is 12.1 Å². The highest BCUT2D eigenvalue weighted by Crippen LogP contribution is 2.25. The lowest BCUT2D eigenvalue weighted by atomic mass is 10.1. The number of hydrogen-bond donors (Lipinski definition) is 0. The van der Waals surface area contributed by atoms with Crippen molar-refractivity contribution in [3.05, 3.63) is 40.9 Å². The molecule has 1 atom stereocenters. The highest BCUT2D eigenvalue weighted by atomic mass is 32.2. The molecule has 1 aromatic carbocycles. The Morgan fingerprint density at radius 2 is 1.88 bits per heavy atom. The van der Waals surface area contributed by atoms with Crippen LogP contribution in [-0.2, 0) is 21.2 Å². The van der Waals surface area contributed by atoms with Crippen molar-refractivity contribution in [2.24, 2.45) is 0 Å². The Morgan fingerprint density at radius 1 is 1.27 bits per heavy atom. The molecule has 0 fully saturated rings. The highest BCUT2D eigenvalue weighted by molar-refractivity contribution is 7.90. The summed E-state index contributed by atoms with van der Waals surface area (Å²) in [4.78, 5) is 20.3. The molecule has 8 heteroatoms. The Kier molecular flexibility index (Phi) is 6.54. The average Bonchev–Trinajstić information content (AvgIpc) is 3.01. The highest BCUT2D eigenvalue weighted by Gasteiger charge is 2.17. The molecule has 6 nitrogen and oxygen atoms in total. The second-order valence-corrected chi connectivity index (χ2v) is 9.17. The van der Waals surface area contributed by atoms with E-state index in [-0.39, 0.29) is 11.9 Å². The molecular formula is C18H25N3O3S2. The number of hydrogen-bond acceptors (Lipinski definition) is 6. The quantitative estimate of drug-likeness (QED) is 0.720. The van der Waals surface area contributed by atoms with Crippen LogP contribution in [0.3, 0.4) is 0 Å². The van der Waals surface area contributed by atoms with Crippen LogP contribution in [-0.4, -0.2) is 44.1 Å². The fourth-order valence-electron chi connectivity index (χ4n) is 2.63. The molecule has 1 heterocycles. The molecule has 2 rings (SSSR count). The van der Waals surface area contributed by atoms with Crippen LogP contribution in [0.5, 0.6) is 0 Å². The minimum absolute atomic E-state index is 0.0129. The molecular weight excluding hydrogens is 370 g/mol. The molecule has 0 aliphatic rings. The molecule has 1 amide bonds.